The lowest BCUT2D eigenvalue weighted by molar-refractivity contribution is 0.0313. The third-order valence-electron chi connectivity index (χ3n) is 6.38. The van der Waals surface area contributed by atoms with Crippen LogP contribution in [0.25, 0.3) is 0 Å². The number of rotatable bonds is 13. The molecular formula is C25H41ClN4O5. The van der Waals surface area contributed by atoms with Gasteiger partial charge in [-0.1, -0.05) is 17.7 Å². The van der Waals surface area contributed by atoms with Crippen LogP contribution in [0, 0.1) is 12.8 Å². The number of hydrogen-bond acceptors (Lipinski definition) is 5. The first-order chi connectivity index (χ1) is 16.7. The summed E-state index contributed by atoms with van der Waals surface area (Å²) in [6.07, 6.45) is 2.30. The number of aryl methyl sites for hydroxylation is 1. The largest absolute Gasteiger partial charge is 0.465 e. The van der Waals surface area contributed by atoms with Crippen LogP contribution in [0.3, 0.4) is 0 Å². The molecule has 0 saturated carbocycles. The second-order valence-electron chi connectivity index (χ2n) is 9.30. The summed E-state index contributed by atoms with van der Waals surface area (Å²) in [6.45, 7) is 5.21. The first kappa shape index (κ1) is 29.2. The number of amides is 3. The number of carbonyl (C=O) groups is 2. The van der Waals surface area contributed by atoms with Crippen molar-refractivity contribution in [2.24, 2.45) is 5.92 Å². The van der Waals surface area contributed by atoms with Crippen molar-refractivity contribution in [3.8, 4) is 0 Å². The molecule has 10 heteroatoms. The van der Waals surface area contributed by atoms with Crippen molar-refractivity contribution in [3.05, 3.63) is 34.3 Å². The van der Waals surface area contributed by atoms with Crippen molar-refractivity contribution in [3.63, 3.8) is 0 Å². The van der Waals surface area contributed by atoms with E-state index in [2.05, 4.69) is 10.6 Å². The fourth-order valence-electron chi connectivity index (χ4n) is 4.25. The molecule has 1 aliphatic heterocycles. The fraction of sp³-hybridized carbons (Fsp3) is 0.680. The summed E-state index contributed by atoms with van der Waals surface area (Å²) >= 11 is 6.24. The second kappa shape index (κ2) is 15.1. The number of hydrogen-bond donors (Lipinski definition) is 3. The van der Waals surface area contributed by atoms with E-state index in [1.807, 2.05) is 32.2 Å². The van der Waals surface area contributed by atoms with Crippen molar-refractivity contribution in [1.29, 1.82) is 0 Å². The summed E-state index contributed by atoms with van der Waals surface area (Å²) in [7, 11) is 5.16. The monoisotopic (exact) mass is 512 g/mol. The number of urea groups is 1. The number of nitrogens with zero attached hydrogens (tertiary/aromatic N) is 2. The summed E-state index contributed by atoms with van der Waals surface area (Å²) in [6, 6.07) is 5.53. The number of carbonyl (C=O) groups excluding carboxylic acids is 1. The molecular weight excluding hydrogens is 472 g/mol. The smallest absolute Gasteiger partial charge is 0.407 e. The molecule has 9 nitrogen and oxygen atoms in total. The summed E-state index contributed by atoms with van der Waals surface area (Å²) in [5.74, 6) is 0.459. The molecule has 3 N–H and O–H groups in total. The summed E-state index contributed by atoms with van der Waals surface area (Å²) in [5.41, 5.74) is 1.97. The molecule has 35 heavy (non-hydrogen) atoms. The van der Waals surface area contributed by atoms with E-state index >= 15 is 0 Å². The highest BCUT2D eigenvalue weighted by Gasteiger charge is 2.23. The van der Waals surface area contributed by atoms with Crippen LogP contribution in [0.2, 0.25) is 5.02 Å². The minimum absolute atomic E-state index is 0.0235. The van der Waals surface area contributed by atoms with Gasteiger partial charge in [0.2, 0.25) is 0 Å². The standard InChI is InChI=1S/C25H41ClN4O5/c1-18-7-8-20(26)15-22(18)23(35-13-11-30(4)25(32)33)9-10-29(3)24(31)28-21(16-27-2)14-19-6-5-12-34-17-19/h7-8,15,19,21,23,27H,5-6,9-14,16-17H2,1-4H3,(H,28,31)(H,32,33)/t19-,21+,23-/m1/s1. The van der Waals surface area contributed by atoms with E-state index in [9.17, 15) is 9.59 Å². The maximum absolute atomic E-state index is 12.9. The average Bonchev–Trinajstić information content (AvgIpc) is 2.83. The molecule has 1 fully saturated rings. The van der Waals surface area contributed by atoms with Crippen LogP contribution in [-0.4, -0.2) is 93.7 Å². The molecule has 1 heterocycles. The van der Waals surface area contributed by atoms with E-state index in [-0.39, 0.29) is 31.3 Å². The number of carboxylic acid groups (broad SMARTS) is 1. The van der Waals surface area contributed by atoms with Gasteiger partial charge < -0.3 is 35.0 Å². The van der Waals surface area contributed by atoms with Gasteiger partial charge in [-0.2, -0.15) is 0 Å². The molecule has 0 bridgehead atoms. The molecule has 2 rings (SSSR count). The fourth-order valence-corrected chi connectivity index (χ4v) is 4.43. The summed E-state index contributed by atoms with van der Waals surface area (Å²) in [4.78, 5) is 26.9. The van der Waals surface area contributed by atoms with Gasteiger partial charge in [-0.15, -0.1) is 0 Å². The van der Waals surface area contributed by atoms with Gasteiger partial charge >= 0.3 is 12.1 Å². The molecule has 1 aromatic rings. The Morgan fingerprint density at radius 3 is 2.71 bits per heavy atom. The van der Waals surface area contributed by atoms with Crippen LogP contribution in [0.1, 0.15) is 42.9 Å². The van der Waals surface area contributed by atoms with Crippen molar-refractivity contribution in [2.45, 2.75) is 44.8 Å². The summed E-state index contributed by atoms with van der Waals surface area (Å²) < 4.78 is 11.7. The molecule has 0 aliphatic carbocycles. The van der Waals surface area contributed by atoms with Crippen LogP contribution in [-0.2, 0) is 9.47 Å². The molecule has 1 saturated heterocycles. The minimum atomic E-state index is -1.00. The summed E-state index contributed by atoms with van der Waals surface area (Å²) in [5, 5.41) is 16.0. The van der Waals surface area contributed by atoms with Gasteiger partial charge in [0, 0.05) is 58.0 Å². The van der Waals surface area contributed by atoms with E-state index in [0.717, 1.165) is 43.6 Å². The van der Waals surface area contributed by atoms with Crippen LogP contribution in [0.15, 0.2) is 18.2 Å². The second-order valence-corrected chi connectivity index (χ2v) is 9.73. The molecule has 0 aromatic heterocycles. The molecule has 3 amide bonds. The Labute approximate surface area is 214 Å². The molecule has 1 aromatic carbocycles. The Bertz CT molecular complexity index is 806. The van der Waals surface area contributed by atoms with E-state index in [1.165, 1.54) is 11.9 Å². The molecule has 0 radical (unpaired) electrons. The third-order valence-corrected chi connectivity index (χ3v) is 6.62. The van der Waals surface area contributed by atoms with E-state index < -0.39 is 6.09 Å². The van der Waals surface area contributed by atoms with Gasteiger partial charge in [-0.3, -0.25) is 0 Å². The Morgan fingerprint density at radius 1 is 1.29 bits per heavy atom. The van der Waals surface area contributed by atoms with Crippen molar-refractivity contribution < 1.29 is 24.2 Å². The van der Waals surface area contributed by atoms with Gasteiger partial charge in [0.25, 0.3) is 0 Å². The van der Waals surface area contributed by atoms with Crippen LogP contribution in [0.4, 0.5) is 9.59 Å². The highest BCUT2D eigenvalue weighted by atomic mass is 35.5. The maximum Gasteiger partial charge on any atom is 0.407 e. The quantitative estimate of drug-likeness (QED) is 0.372. The van der Waals surface area contributed by atoms with E-state index in [0.29, 0.717) is 30.5 Å². The highest BCUT2D eigenvalue weighted by Crippen LogP contribution is 2.28. The Kier molecular flexibility index (Phi) is 12.6. The van der Waals surface area contributed by atoms with E-state index in [1.54, 1.807) is 11.9 Å². The van der Waals surface area contributed by atoms with Crippen molar-refractivity contribution in [1.82, 2.24) is 20.4 Å². The zero-order chi connectivity index (χ0) is 25.8. The van der Waals surface area contributed by atoms with Gasteiger partial charge in [0.15, 0.2) is 0 Å². The normalized spacial score (nSPS) is 17.5. The van der Waals surface area contributed by atoms with E-state index in [4.69, 9.17) is 26.2 Å². The lowest BCUT2D eigenvalue weighted by atomic mass is 9.94. The topological polar surface area (TPSA) is 103 Å². The van der Waals surface area contributed by atoms with Crippen LogP contribution < -0.4 is 10.6 Å². The molecule has 198 valence electrons. The number of benzene rings is 1. The van der Waals surface area contributed by atoms with Gasteiger partial charge in [0.1, 0.15) is 0 Å². The number of nitrogens with one attached hydrogen (secondary N) is 2. The average molecular weight is 513 g/mol. The lowest BCUT2D eigenvalue weighted by Crippen LogP contribution is -2.48. The van der Waals surface area contributed by atoms with Crippen LogP contribution >= 0.6 is 11.6 Å². The molecule has 0 spiro atoms. The Morgan fingerprint density at radius 2 is 2.06 bits per heavy atom. The SMILES string of the molecule is CNC[C@H](C[C@H]1CCCOC1)NC(=O)N(C)CC[C@@H](OCCN(C)C(=O)O)c1cc(Cl)ccc1C. The van der Waals surface area contributed by atoms with Crippen molar-refractivity contribution in [2.75, 3.05) is 60.6 Å². The van der Waals surface area contributed by atoms with Crippen LogP contribution in [0.5, 0.6) is 0 Å². The Balaban J connectivity index is 1.97. The Hall–Kier alpha value is -2.07. The zero-order valence-electron chi connectivity index (χ0n) is 21.4. The van der Waals surface area contributed by atoms with Gasteiger partial charge in [-0.25, -0.2) is 9.59 Å². The van der Waals surface area contributed by atoms with Gasteiger partial charge in [-0.05, 0) is 68.8 Å². The lowest BCUT2D eigenvalue weighted by Gasteiger charge is -2.29. The number of likely N-dealkylation sites (N-methyl/N-ethyl adjacent to an activating group) is 2. The first-order valence-corrected chi connectivity index (χ1v) is 12.6. The first-order valence-electron chi connectivity index (χ1n) is 12.3. The zero-order valence-corrected chi connectivity index (χ0v) is 22.1. The number of halogens is 1. The molecule has 0 unspecified atom stereocenters. The molecule has 1 aliphatic rings. The minimum Gasteiger partial charge on any atom is -0.465 e. The van der Waals surface area contributed by atoms with Gasteiger partial charge in [0.05, 0.1) is 12.7 Å². The third kappa shape index (κ3) is 10.2. The van der Waals surface area contributed by atoms with Crippen molar-refractivity contribution >= 4 is 23.7 Å². The maximum atomic E-state index is 12.9. The predicted molar refractivity (Wildman–Crippen MR) is 137 cm³/mol. The molecule has 3 atom stereocenters. The number of ether oxygens (including phenoxy) is 2. The highest BCUT2D eigenvalue weighted by molar-refractivity contribution is 6.30. The predicted octanol–water partition coefficient (Wildman–Crippen LogP) is 3.75.